The Morgan fingerprint density at radius 1 is 1.17 bits per heavy atom. The lowest BCUT2D eigenvalue weighted by Gasteiger charge is -2.16. The van der Waals surface area contributed by atoms with Crippen molar-refractivity contribution in [2.45, 2.75) is 10.8 Å². The Morgan fingerprint density at radius 3 is 2.77 bits per heavy atom. The van der Waals surface area contributed by atoms with Gasteiger partial charge in [0.2, 0.25) is 11.0 Å². The van der Waals surface area contributed by atoms with Crippen LogP contribution in [0.15, 0.2) is 52.9 Å². The zero-order valence-electron chi connectivity index (χ0n) is 15.5. The van der Waals surface area contributed by atoms with Crippen LogP contribution in [0.3, 0.4) is 0 Å². The van der Waals surface area contributed by atoms with Gasteiger partial charge in [-0.25, -0.2) is 0 Å². The lowest BCUT2D eigenvalue weighted by Crippen LogP contribution is -2.30. The predicted molar refractivity (Wildman–Crippen MR) is 114 cm³/mol. The summed E-state index contributed by atoms with van der Waals surface area (Å²) < 4.78 is 0.522. The number of nitrogens with zero attached hydrogens (tertiary/aromatic N) is 4. The highest BCUT2D eigenvalue weighted by Crippen LogP contribution is 2.30. The Kier molecular flexibility index (Phi) is 5.72. The molecule has 11 heteroatoms. The summed E-state index contributed by atoms with van der Waals surface area (Å²) in [6.45, 7) is 0.659. The summed E-state index contributed by atoms with van der Waals surface area (Å²) in [6.07, 6.45) is 0.840. The van der Waals surface area contributed by atoms with Gasteiger partial charge in [0.05, 0.1) is 10.7 Å². The first-order chi connectivity index (χ1) is 14.5. The fourth-order valence-corrected chi connectivity index (χ4v) is 4.73. The Bertz CT molecular complexity index is 1130. The molecule has 0 saturated carbocycles. The number of thioether (sulfide) groups is 1. The van der Waals surface area contributed by atoms with E-state index < -0.39 is 10.8 Å². The molecule has 0 radical (unpaired) electrons. The van der Waals surface area contributed by atoms with Crippen molar-refractivity contribution in [1.82, 2.24) is 10.2 Å². The first-order valence-corrected chi connectivity index (χ1v) is 10.7. The average Bonchev–Trinajstić information content (AvgIpc) is 3.39. The van der Waals surface area contributed by atoms with E-state index in [9.17, 15) is 19.7 Å². The van der Waals surface area contributed by atoms with Crippen LogP contribution in [0.5, 0.6) is 0 Å². The fourth-order valence-electron chi connectivity index (χ4n) is 3.11. The van der Waals surface area contributed by atoms with Gasteiger partial charge < -0.3 is 4.90 Å². The van der Waals surface area contributed by atoms with Gasteiger partial charge in [0.25, 0.3) is 11.6 Å². The Balaban J connectivity index is 1.37. The third-order valence-electron chi connectivity index (χ3n) is 4.48. The molecule has 1 N–H and O–H groups in total. The second-order valence-corrected chi connectivity index (χ2v) is 8.51. The monoisotopic (exact) mass is 441 g/mol. The molecule has 0 fully saturated rings. The highest BCUT2D eigenvalue weighted by Gasteiger charge is 2.25. The molecule has 1 aliphatic rings. The van der Waals surface area contributed by atoms with Crippen LogP contribution in [-0.2, 0) is 11.2 Å². The van der Waals surface area contributed by atoms with Crippen LogP contribution in [0, 0.1) is 10.1 Å². The zero-order valence-corrected chi connectivity index (χ0v) is 17.1. The number of amides is 2. The van der Waals surface area contributed by atoms with E-state index in [1.165, 1.54) is 30.0 Å². The number of benzene rings is 2. The molecular weight excluding hydrogens is 426 g/mol. The molecule has 2 aromatic carbocycles. The van der Waals surface area contributed by atoms with Crippen molar-refractivity contribution in [2.75, 3.05) is 22.5 Å². The maximum Gasteiger partial charge on any atom is 0.282 e. The minimum Gasteiger partial charge on any atom is -0.311 e. The molecule has 0 saturated heterocycles. The molecule has 0 spiro atoms. The summed E-state index contributed by atoms with van der Waals surface area (Å²) in [5.41, 5.74) is 1.75. The smallest absolute Gasteiger partial charge is 0.282 e. The summed E-state index contributed by atoms with van der Waals surface area (Å²) in [4.78, 5) is 37.2. The number of nitro benzene ring substituents is 1. The van der Waals surface area contributed by atoms with Crippen LogP contribution >= 0.6 is 23.1 Å². The van der Waals surface area contributed by atoms with E-state index >= 15 is 0 Å². The molecule has 2 heterocycles. The van der Waals surface area contributed by atoms with Crippen molar-refractivity contribution in [3.05, 3.63) is 69.8 Å². The third kappa shape index (κ3) is 4.16. The number of carbonyl (C=O) groups is 2. The SMILES string of the molecule is O=C(Nc1nnc(SCC(=O)N2CCc3ccccc32)s1)c1ccccc1[N+](=O)[O-]. The molecule has 4 rings (SSSR count). The van der Waals surface area contributed by atoms with Gasteiger partial charge in [-0.1, -0.05) is 53.4 Å². The van der Waals surface area contributed by atoms with E-state index in [4.69, 9.17) is 0 Å². The summed E-state index contributed by atoms with van der Waals surface area (Å²) >= 11 is 2.34. The van der Waals surface area contributed by atoms with Crippen LogP contribution in [-0.4, -0.2) is 39.2 Å². The Morgan fingerprint density at radius 2 is 1.93 bits per heavy atom. The molecule has 0 bridgehead atoms. The van der Waals surface area contributed by atoms with Gasteiger partial charge in [0.1, 0.15) is 5.56 Å². The number of nitrogens with one attached hydrogen (secondary N) is 1. The number of hydrogen-bond acceptors (Lipinski definition) is 8. The summed E-state index contributed by atoms with van der Waals surface area (Å²) in [6, 6.07) is 13.5. The molecule has 0 atom stereocenters. The molecule has 1 aliphatic heterocycles. The molecule has 9 nitrogen and oxygen atoms in total. The molecule has 1 aromatic heterocycles. The minimum absolute atomic E-state index is 0.0226. The molecular formula is C19H15N5O4S2. The highest BCUT2D eigenvalue weighted by molar-refractivity contribution is 8.01. The van der Waals surface area contributed by atoms with E-state index in [0.29, 0.717) is 10.9 Å². The summed E-state index contributed by atoms with van der Waals surface area (Å²) in [7, 11) is 0. The number of rotatable bonds is 6. The van der Waals surface area contributed by atoms with Crippen LogP contribution in [0.25, 0.3) is 0 Å². The number of hydrogen-bond donors (Lipinski definition) is 1. The quantitative estimate of drug-likeness (QED) is 0.270. The number of aromatic nitrogens is 2. The van der Waals surface area contributed by atoms with Crippen LogP contribution in [0.2, 0.25) is 0 Å². The molecule has 0 aliphatic carbocycles. The number of para-hydroxylation sites is 2. The summed E-state index contributed by atoms with van der Waals surface area (Å²) in [5.74, 6) is -0.466. The molecule has 152 valence electrons. The lowest BCUT2D eigenvalue weighted by atomic mass is 10.1. The number of anilines is 2. The van der Waals surface area contributed by atoms with Gasteiger partial charge >= 0.3 is 0 Å². The van der Waals surface area contributed by atoms with Crippen LogP contribution in [0.1, 0.15) is 15.9 Å². The maximum atomic E-state index is 12.6. The fraction of sp³-hybridized carbons (Fsp3) is 0.158. The normalized spacial score (nSPS) is 12.5. The topological polar surface area (TPSA) is 118 Å². The Labute approximate surface area is 179 Å². The zero-order chi connectivity index (χ0) is 21.1. The standard InChI is InChI=1S/C19H15N5O4S2/c25-16(23-10-9-12-5-1-3-7-14(12)23)11-29-19-22-21-18(30-19)20-17(26)13-6-2-4-8-15(13)24(27)28/h1-8H,9-11H2,(H,20,21,26). The molecule has 2 amide bonds. The highest BCUT2D eigenvalue weighted by atomic mass is 32.2. The second-order valence-electron chi connectivity index (χ2n) is 6.31. The van der Waals surface area contributed by atoms with E-state index in [1.807, 2.05) is 24.3 Å². The largest absolute Gasteiger partial charge is 0.311 e. The predicted octanol–water partition coefficient (Wildman–Crippen LogP) is 3.38. The molecule has 0 unspecified atom stereocenters. The second kappa shape index (κ2) is 8.59. The number of fused-ring (bicyclic) bond motifs is 1. The molecule has 30 heavy (non-hydrogen) atoms. The van der Waals surface area contributed by atoms with Gasteiger partial charge in [-0.05, 0) is 24.1 Å². The van der Waals surface area contributed by atoms with Crippen molar-refractivity contribution in [1.29, 1.82) is 0 Å². The van der Waals surface area contributed by atoms with E-state index in [0.717, 1.165) is 29.0 Å². The van der Waals surface area contributed by atoms with Crippen molar-refractivity contribution >= 4 is 51.4 Å². The Hall–Kier alpha value is -3.31. The van der Waals surface area contributed by atoms with Gasteiger partial charge in [0.15, 0.2) is 4.34 Å². The van der Waals surface area contributed by atoms with E-state index in [2.05, 4.69) is 15.5 Å². The van der Waals surface area contributed by atoms with Gasteiger partial charge in [-0.2, -0.15) is 0 Å². The third-order valence-corrected chi connectivity index (χ3v) is 6.44. The van der Waals surface area contributed by atoms with Crippen LogP contribution < -0.4 is 10.2 Å². The number of nitro groups is 1. The molecule has 3 aromatic rings. The van der Waals surface area contributed by atoms with Gasteiger partial charge in [-0.3, -0.25) is 25.0 Å². The van der Waals surface area contributed by atoms with Gasteiger partial charge in [-0.15, -0.1) is 10.2 Å². The van der Waals surface area contributed by atoms with Crippen molar-refractivity contribution in [3.63, 3.8) is 0 Å². The van der Waals surface area contributed by atoms with E-state index in [-0.39, 0.29) is 28.0 Å². The minimum atomic E-state index is -0.639. The average molecular weight is 441 g/mol. The first-order valence-electron chi connectivity index (χ1n) is 8.92. The lowest BCUT2D eigenvalue weighted by molar-refractivity contribution is -0.385. The van der Waals surface area contributed by atoms with Crippen molar-refractivity contribution in [2.24, 2.45) is 0 Å². The summed E-state index contributed by atoms with van der Waals surface area (Å²) in [5, 5.41) is 21.7. The first kappa shape index (κ1) is 20.0. The van der Waals surface area contributed by atoms with Gasteiger partial charge in [0, 0.05) is 18.3 Å². The number of carbonyl (C=O) groups excluding carboxylic acids is 2. The van der Waals surface area contributed by atoms with Crippen molar-refractivity contribution < 1.29 is 14.5 Å². The maximum absolute atomic E-state index is 12.6. The van der Waals surface area contributed by atoms with Crippen LogP contribution in [0.4, 0.5) is 16.5 Å². The van der Waals surface area contributed by atoms with E-state index in [1.54, 1.807) is 11.0 Å². The van der Waals surface area contributed by atoms with Crippen molar-refractivity contribution in [3.8, 4) is 0 Å².